The van der Waals surface area contributed by atoms with E-state index in [1.54, 1.807) is 22.0 Å². The molecule has 0 saturated carbocycles. The Morgan fingerprint density at radius 2 is 1.83 bits per heavy atom. The number of likely N-dealkylation sites (tertiary alicyclic amines) is 1. The second-order valence-electron chi connectivity index (χ2n) is 6.82. The third-order valence-corrected chi connectivity index (χ3v) is 4.04. The van der Waals surface area contributed by atoms with Crippen molar-refractivity contribution >= 4 is 12.1 Å². The molecule has 8 nitrogen and oxygen atoms in total. The molecular weight excluding hydrogens is 314 g/mol. The van der Waals surface area contributed by atoms with Crippen LogP contribution in [0.1, 0.15) is 33.6 Å². The number of nitrogens with zero attached hydrogens (tertiary/aromatic N) is 3. The van der Waals surface area contributed by atoms with Crippen LogP contribution < -0.4 is 4.74 Å². The number of carbonyl (C=O) groups is 2. The van der Waals surface area contributed by atoms with E-state index in [1.807, 2.05) is 20.8 Å². The van der Waals surface area contributed by atoms with Crippen LogP contribution in [0.3, 0.4) is 0 Å². The largest absolute Gasteiger partial charge is 0.493 e. The van der Waals surface area contributed by atoms with E-state index in [-0.39, 0.29) is 12.1 Å². The second-order valence-corrected chi connectivity index (χ2v) is 6.82. The molecular formula is C16H25N3O5. The Kier molecular flexibility index (Phi) is 5.05. The van der Waals surface area contributed by atoms with E-state index in [0.29, 0.717) is 31.7 Å². The monoisotopic (exact) mass is 339 g/mol. The Morgan fingerprint density at radius 3 is 2.29 bits per heavy atom. The van der Waals surface area contributed by atoms with E-state index >= 15 is 0 Å². The van der Waals surface area contributed by atoms with Crippen molar-refractivity contribution < 1.29 is 23.8 Å². The number of amides is 1. The van der Waals surface area contributed by atoms with E-state index in [9.17, 15) is 9.59 Å². The zero-order valence-corrected chi connectivity index (χ0v) is 14.9. The van der Waals surface area contributed by atoms with Crippen molar-refractivity contribution in [1.29, 1.82) is 0 Å². The topological polar surface area (TPSA) is 82.9 Å². The Bertz CT molecular complexity index is 597. The quantitative estimate of drug-likeness (QED) is 0.781. The first-order chi connectivity index (χ1) is 11.2. The number of methoxy groups -OCH3 is 2. The highest BCUT2D eigenvalue weighted by Crippen LogP contribution is 2.33. The van der Waals surface area contributed by atoms with Gasteiger partial charge in [-0.15, -0.1) is 0 Å². The predicted molar refractivity (Wildman–Crippen MR) is 85.8 cm³/mol. The van der Waals surface area contributed by atoms with Gasteiger partial charge in [0.25, 0.3) is 0 Å². The van der Waals surface area contributed by atoms with Gasteiger partial charge in [0.05, 0.1) is 26.6 Å². The van der Waals surface area contributed by atoms with Gasteiger partial charge in [0.1, 0.15) is 5.60 Å². The highest BCUT2D eigenvalue weighted by atomic mass is 16.6. The number of ether oxygens (including phenoxy) is 3. The van der Waals surface area contributed by atoms with Crippen LogP contribution >= 0.6 is 0 Å². The number of esters is 1. The lowest BCUT2D eigenvalue weighted by Gasteiger charge is -2.39. The van der Waals surface area contributed by atoms with Crippen LogP contribution in [-0.4, -0.2) is 59.7 Å². The van der Waals surface area contributed by atoms with Crippen LogP contribution in [0, 0.1) is 0 Å². The summed E-state index contributed by atoms with van der Waals surface area (Å²) >= 11 is 0. The molecule has 0 bridgehead atoms. The molecule has 8 heteroatoms. The lowest BCUT2D eigenvalue weighted by atomic mass is 9.87. The summed E-state index contributed by atoms with van der Waals surface area (Å²) in [5.74, 6) is 0.185. The van der Waals surface area contributed by atoms with Crippen molar-refractivity contribution in [2.24, 2.45) is 0 Å². The molecule has 1 aliphatic heterocycles. The summed E-state index contributed by atoms with van der Waals surface area (Å²) in [6.07, 6.45) is 3.62. The number of carbonyl (C=O) groups excluding carboxylic acids is 2. The van der Waals surface area contributed by atoms with E-state index in [4.69, 9.17) is 14.2 Å². The fourth-order valence-corrected chi connectivity index (χ4v) is 2.75. The van der Waals surface area contributed by atoms with Gasteiger partial charge in [-0.3, -0.25) is 4.68 Å². The van der Waals surface area contributed by atoms with Gasteiger partial charge in [0.2, 0.25) is 0 Å². The Labute approximate surface area is 141 Å². The highest BCUT2D eigenvalue weighted by molar-refractivity contribution is 5.79. The zero-order chi connectivity index (χ0) is 18.0. The first kappa shape index (κ1) is 18.1. The van der Waals surface area contributed by atoms with Gasteiger partial charge in [0.15, 0.2) is 11.3 Å². The smallest absolute Gasteiger partial charge is 0.410 e. The van der Waals surface area contributed by atoms with Crippen LogP contribution in [0.4, 0.5) is 4.79 Å². The van der Waals surface area contributed by atoms with Crippen LogP contribution in [-0.2, 0) is 19.8 Å². The summed E-state index contributed by atoms with van der Waals surface area (Å²) in [4.78, 5) is 26.2. The molecule has 1 amide bonds. The van der Waals surface area contributed by atoms with Crippen LogP contribution in [0.5, 0.6) is 5.75 Å². The maximum atomic E-state index is 12.4. The van der Waals surface area contributed by atoms with Gasteiger partial charge in [-0.05, 0) is 20.8 Å². The Balaban J connectivity index is 2.16. The van der Waals surface area contributed by atoms with Crippen LogP contribution in [0.2, 0.25) is 0 Å². The van der Waals surface area contributed by atoms with Crippen molar-refractivity contribution in [2.75, 3.05) is 27.3 Å². The maximum absolute atomic E-state index is 12.4. The van der Waals surface area contributed by atoms with Crippen molar-refractivity contribution in [3.8, 4) is 5.75 Å². The van der Waals surface area contributed by atoms with E-state index in [2.05, 4.69) is 5.10 Å². The second kappa shape index (κ2) is 6.70. The summed E-state index contributed by atoms with van der Waals surface area (Å²) in [6, 6.07) is 0. The number of piperidine rings is 1. The molecule has 134 valence electrons. The van der Waals surface area contributed by atoms with Crippen LogP contribution in [0.25, 0.3) is 0 Å². The van der Waals surface area contributed by atoms with Gasteiger partial charge in [-0.25, -0.2) is 9.59 Å². The third-order valence-electron chi connectivity index (χ3n) is 4.04. The van der Waals surface area contributed by atoms with Crippen molar-refractivity contribution in [1.82, 2.24) is 14.7 Å². The molecule has 0 aromatic carbocycles. The molecule has 0 spiro atoms. The molecule has 0 unspecified atom stereocenters. The average molecular weight is 339 g/mol. The molecule has 0 aliphatic carbocycles. The first-order valence-corrected chi connectivity index (χ1v) is 7.87. The fraction of sp³-hybridized carbons (Fsp3) is 0.688. The third kappa shape index (κ3) is 3.63. The van der Waals surface area contributed by atoms with Gasteiger partial charge in [-0.1, -0.05) is 0 Å². The molecule has 1 aromatic heterocycles. The number of hydrogen-bond donors (Lipinski definition) is 0. The fourth-order valence-electron chi connectivity index (χ4n) is 2.75. The lowest BCUT2D eigenvalue weighted by molar-refractivity contribution is -0.155. The molecule has 0 N–H and O–H groups in total. The minimum atomic E-state index is -0.940. The molecule has 0 atom stereocenters. The van der Waals surface area contributed by atoms with Crippen molar-refractivity contribution in [3.63, 3.8) is 0 Å². The molecule has 1 saturated heterocycles. The van der Waals surface area contributed by atoms with Gasteiger partial charge >= 0.3 is 12.1 Å². The van der Waals surface area contributed by atoms with Crippen molar-refractivity contribution in [3.05, 3.63) is 12.4 Å². The minimum Gasteiger partial charge on any atom is -0.493 e. The molecule has 0 radical (unpaired) electrons. The zero-order valence-electron chi connectivity index (χ0n) is 14.9. The van der Waals surface area contributed by atoms with Gasteiger partial charge in [-0.2, -0.15) is 5.10 Å². The molecule has 2 heterocycles. The maximum Gasteiger partial charge on any atom is 0.410 e. The SMILES string of the molecule is COC(=O)C1(n2cc(OC)cn2)CCN(C(=O)OC(C)(C)C)CC1. The molecule has 24 heavy (non-hydrogen) atoms. The summed E-state index contributed by atoms with van der Waals surface area (Å²) in [7, 11) is 2.89. The Morgan fingerprint density at radius 1 is 1.21 bits per heavy atom. The predicted octanol–water partition coefficient (Wildman–Crippen LogP) is 1.79. The molecule has 1 aliphatic rings. The number of rotatable bonds is 3. The number of hydrogen-bond acceptors (Lipinski definition) is 6. The van der Waals surface area contributed by atoms with E-state index in [1.165, 1.54) is 14.2 Å². The first-order valence-electron chi connectivity index (χ1n) is 7.87. The normalized spacial score (nSPS) is 17.3. The van der Waals surface area contributed by atoms with E-state index < -0.39 is 11.1 Å². The Hall–Kier alpha value is -2.25. The summed E-state index contributed by atoms with van der Waals surface area (Å²) in [5, 5.41) is 4.24. The molecule has 2 rings (SSSR count). The molecule has 1 aromatic rings. The van der Waals surface area contributed by atoms with E-state index in [0.717, 1.165) is 0 Å². The minimum absolute atomic E-state index is 0.376. The lowest BCUT2D eigenvalue weighted by Crippen LogP contribution is -2.53. The van der Waals surface area contributed by atoms with Gasteiger partial charge in [0, 0.05) is 25.9 Å². The highest BCUT2D eigenvalue weighted by Gasteiger charge is 2.46. The average Bonchev–Trinajstić information content (AvgIpc) is 3.02. The molecule has 1 fully saturated rings. The summed E-state index contributed by atoms with van der Waals surface area (Å²) in [6.45, 7) is 6.23. The standard InChI is InChI=1S/C16H25N3O5/c1-15(2,3)24-14(21)18-8-6-16(7-9-18,13(20)23-5)19-11-12(22-4)10-17-19/h10-11H,6-9H2,1-5H3. The number of aromatic nitrogens is 2. The summed E-state index contributed by atoms with van der Waals surface area (Å²) < 4.78 is 17.1. The van der Waals surface area contributed by atoms with Crippen molar-refractivity contribution in [2.45, 2.75) is 44.8 Å². The van der Waals surface area contributed by atoms with Crippen LogP contribution in [0.15, 0.2) is 12.4 Å². The van der Waals surface area contributed by atoms with Gasteiger partial charge < -0.3 is 19.1 Å². The summed E-state index contributed by atoms with van der Waals surface area (Å²) in [5.41, 5.74) is -1.49.